The van der Waals surface area contributed by atoms with Crippen molar-refractivity contribution in [1.29, 1.82) is 0 Å². The topological polar surface area (TPSA) is 75.2 Å². The van der Waals surface area contributed by atoms with E-state index in [1.165, 1.54) is 0 Å². The average molecular weight is 396 g/mol. The fourth-order valence-electron chi connectivity index (χ4n) is 3.25. The Morgan fingerprint density at radius 3 is 2.66 bits per heavy atom. The summed E-state index contributed by atoms with van der Waals surface area (Å²) in [5.41, 5.74) is 2.90. The molecule has 0 spiro atoms. The van der Waals surface area contributed by atoms with Gasteiger partial charge in [-0.05, 0) is 41.8 Å². The van der Waals surface area contributed by atoms with E-state index in [1.807, 2.05) is 49.5 Å². The average Bonchev–Trinajstić information content (AvgIpc) is 2.76. The Hall–Kier alpha value is -3.22. The Balaban J connectivity index is 1.54. The van der Waals surface area contributed by atoms with Crippen LogP contribution >= 0.6 is 0 Å². The summed E-state index contributed by atoms with van der Waals surface area (Å²) < 4.78 is 11.2. The zero-order valence-corrected chi connectivity index (χ0v) is 17.2. The monoisotopic (exact) mass is 396 g/mol. The molecule has 0 unspecified atom stereocenters. The van der Waals surface area contributed by atoms with Crippen LogP contribution in [0.15, 0.2) is 47.5 Å². The van der Waals surface area contributed by atoms with Gasteiger partial charge in [-0.2, -0.15) is 0 Å². The van der Waals surface area contributed by atoms with Crippen LogP contribution in [-0.4, -0.2) is 57.7 Å². The first-order valence-corrected chi connectivity index (χ1v) is 9.72. The number of amides is 1. The minimum absolute atomic E-state index is 0.0743. The normalized spacial score (nSPS) is 13.0. The highest BCUT2D eigenvalue weighted by atomic mass is 16.6. The van der Waals surface area contributed by atoms with E-state index < -0.39 is 0 Å². The molecule has 2 N–H and O–H groups in total. The van der Waals surface area contributed by atoms with E-state index in [0.717, 1.165) is 41.6 Å². The van der Waals surface area contributed by atoms with Crippen LogP contribution in [0.5, 0.6) is 11.5 Å². The molecule has 0 aliphatic carbocycles. The number of benzene rings is 2. The summed E-state index contributed by atoms with van der Waals surface area (Å²) in [5, 5.41) is 6.03. The third-order valence-electron chi connectivity index (χ3n) is 4.71. The first-order chi connectivity index (χ1) is 14.1. The fraction of sp³-hybridized carbons (Fsp3) is 0.364. The SMILES string of the molecule is CN=C(NCCc1cccc(C(=O)NC)c1)N(C)Cc1ccc2c(c1)OCCO2. The molecule has 0 aromatic heterocycles. The quantitative estimate of drug-likeness (QED) is 0.578. The highest BCUT2D eigenvalue weighted by Crippen LogP contribution is 2.31. The predicted octanol–water partition coefficient (Wildman–Crippen LogP) is 2.07. The lowest BCUT2D eigenvalue weighted by Crippen LogP contribution is -2.39. The molecule has 7 nitrogen and oxygen atoms in total. The van der Waals surface area contributed by atoms with Gasteiger partial charge in [-0.3, -0.25) is 9.79 Å². The Bertz CT molecular complexity index is 882. The second-order valence-electron chi connectivity index (χ2n) is 6.84. The van der Waals surface area contributed by atoms with Crippen molar-refractivity contribution in [2.75, 3.05) is 40.9 Å². The number of carbonyl (C=O) groups is 1. The number of hydrogen-bond donors (Lipinski definition) is 2. The lowest BCUT2D eigenvalue weighted by Gasteiger charge is -2.24. The number of ether oxygens (including phenoxy) is 2. The number of rotatable bonds is 6. The van der Waals surface area contributed by atoms with Gasteiger partial charge in [0.1, 0.15) is 13.2 Å². The Kier molecular flexibility index (Phi) is 6.94. The predicted molar refractivity (Wildman–Crippen MR) is 114 cm³/mol. The number of hydrogen-bond acceptors (Lipinski definition) is 4. The number of nitrogens with one attached hydrogen (secondary N) is 2. The highest BCUT2D eigenvalue weighted by molar-refractivity contribution is 5.94. The van der Waals surface area contributed by atoms with Gasteiger partial charge < -0.3 is 25.0 Å². The lowest BCUT2D eigenvalue weighted by atomic mass is 10.1. The number of nitrogens with zero attached hydrogens (tertiary/aromatic N) is 2. The summed E-state index contributed by atoms with van der Waals surface area (Å²) >= 11 is 0. The summed E-state index contributed by atoms with van der Waals surface area (Å²) in [6.45, 7) is 2.59. The minimum Gasteiger partial charge on any atom is -0.486 e. The van der Waals surface area contributed by atoms with E-state index in [9.17, 15) is 4.79 Å². The van der Waals surface area contributed by atoms with Crippen LogP contribution in [0.2, 0.25) is 0 Å². The van der Waals surface area contributed by atoms with E-state index in [-0.39, 0.29) is 5.91 Å². The molecule has 0 atom stereocenters. The molecule has 0 fully saturated rings. The van der Waals surface area contributed by atoms with E-state index in [4.69, 9.17) is 9.47 Å². The van der Waals surface area contributed by atoms with E-state index in [0.29, 0.717) is 25.3 Å². The molecule has 0 radical (unpaired) electrons. The molecule has 1 aliphatic heterocycles. The van der Waals surface area contributed by atoms with Crippen molar-refractivity contribution in [3.8, 4) is 11.5 Å². The molecule has 0 bridgehead atoms. The molecule has 2 aromatic rings. The van der Waals surface area contributed by atoms with Crippen LogP contribution in [0, 0.1) is 0 Å². The van der Waals surface area contributed by atoms with E-state index in [2.05, 4.69) is 20.5 Å². The molecule has 3 rings (SSSR count). The van der Waals surface area contributed by atoms with Crippen molar-refractivity contribution < 1.29 is 14.3 Å². The first-order valence-electron chi connectivity index (χ1n) is 9.72. The summed E-state index contributed by atoms with van der Waals surface area (Å²) in [4.78, 5) is 18.2. The Morgan fingerprint density at radius 1 is 1.10 bits per heavy atom. The zero-order valence-electron chi connectivity index (χ0n) is 17.2. The molecule has 1 heterocycles. The fourth-order valence-corrected chi connectivity index (χ4v) is 3.25. The van der Waals surface area contributed by atoms with Gasteiger partial charge in [0.2, 0.25) is 0 Å². The van der Waals surface area contributed by atoms with Gasteiger partial charge in [-0.1, -0.05) is 18.2 Å². The summed E-state index contributed by atoms with van der Waals surface area (Å²) in [5.74, 6) is 2.32. The van der Waals surface area contributed by atoms with Gasteiger partial charge in [0.05, 0.1) is 0 Å². The molecular formula is C22H28N4O3. The van der Waals surface area contributed by atoms with Crippen LogP contribution in [-0.2, 0) is 13.0 Å². The molecule has 154 valence electrons. The van der Waals surface area contributed by atoms with Crippen molar-refractivity contribution in [2.45, 2.75) is 13.0 Å². The van der Waals surface area contributed by atoms with Crippen LogP contribution in [0.3, 0.4) is 0 Å². The largest absolute Gasteiger partial charge is 0.486 e. The third kappa shape index (κ3) is 5.40. The van der Waals surface area contributed by atoms with Crippen molar-refractivity contribution in [3.05, 3.63) is 59.2 Å². The maximum Gasteiger partial charge on any atom is 0.251 e. The molecule has 0 saturated carbocycles. The maximum atomic E-state index is 11.8. The van der Waals surface area contributed by atoms with Crippen molar-refractivity contribution in [1.82, 2.24) is 15.5 Å². The van der Waals surface area contributed by atoms with Crippen LogP contribution in [0.1, 0.15) is 21.5 Å². The number of fused-ring (bicyclic) bond motifs is 1. The zero-order chi connectivity index (χ0) is 20.6. The molecule has 1 amide bonds. The number of guanidine groups is 1. The molecule has 1 aliphatic rings. The minimum atomic E-state index is -0.0743. The third-order valence-corrected chi connectivity index (χ3v) is 4.71. The van der Waals surface area contributed by atoms with Crippen molar-refractivity contribution in [2.24, 2.45) is 4.99 Å². The van der Waals surface area contributed by atoms with E-state index in [1.54, 1.807) is 14.1 Å². The van der Waals surface area contributed by atoms with Crippen LogP contribution in [0.25, 0.3) is 0 Å². The smallest absolute Gasteiger partial charge is 0.251 e. The second-order valence-corrected chi connectivity index (χ2v) is 6.84. The molecule has 2 aromatic carbocycles. The Labute approximate surface area is 171 Å². The number of carbonyl (C=O) groups excluding carboxylic acids is 1. The van der Waals surface area contributed by atoms with Gasteiger partial charge in [-0.25, -0.2) is 0 Å². The van der Waals surface area contributed by atoms with Crippen LogP contribution < -0.4 is 20.1 Å². The second kappa shape index (κ2) is 9.82. The summed E-state index contributed by atoms with van der Waals surface area (Å²) in [6, 6.07) is 13.7. The van der Waals surface area contributed by atoms with Crippen molar-refractivity contribution in [3.63, 3.8) is 0 Å². The van der Waals surface area contributed by atoms with Gasteiger partial charge >= 0.3 is 0 Å². The number of aliphatic imine (C=N–C) groups is 1. The lowest BCUT2D eigenvalue weighted by molar-refractivity contribution is 0.0963. The molecular weight excluding hydrogens is 368 g/mol. The Morgan fingerprint density at radius 2 is 1.90 bits per heavy atom. The highest BCUT2D eigenvalue weighted by Gasteiger charge is 2.13. The van der Waals surface area contributed by atoms with Crippen LogP contribution in [0.4, 0.5) is 0 Å². The molecule has 0 saturated heterocycles. The molecule has 7 heteroatoms. The van der Waals surface area contributed by atoms with E-state index >= 15 is 0 Å². The standard InChI is InChI=1S/C22H28N4O3/c1-23-21(27)18-6-4-5-16(13-18)9-10-25-22(24-2)26(3)15-17-7-8-19-20(14-17)29-12-11-28-19/h4-8,13-14H,9-12,15H2,1-3H3,(H,23,27)(H,24,25). The first kappa shape index (κ1) is 20.5. The summed E-state index contributed by atoms with van der Waals surface area (Å²) in [6.07, 6.45) is 0.793. The maximum absolute atomic E-state index is 11.8. The summed E-state index contributed by atoms with van der Waals surface area (Å²) in [7, 11) is 5.41. The van der Waals surface area contributed by atoms with Crippen molar-refractivity contribution >= 4 is 11.9 Å². The van der Waals surface area contributed by atoms with Gasteiger partial charge in [-0.15, -0.1) is 0 Å². The van der Waals surface area contributed by atoms with Gasteiger partial charge in [0.15, 0.2) is 17.5 Å². The molecule has 29 heavy (non-hydrogen) atoms. The van der Waals surface area contributed by atoms with Gasteiger partial charge in [0, 0.05) is 39.8 Å². The van der Waals surface area contributed by atoms with Gasteiger partial charge in [0.25, 0.3) is 5.91 Å².